The topological polar surface area (TPSA) is 111 Å². The fraction of sp³-hybridized carbons (Fsp3) is 0.206. The lowest BCUT2D eigenvalue weighted by molar-refractivity contribution is 0.0592. The van der Waals surface area contributed by atoms with Crippen molar-refractivity contribution < 1.29 is 14.6 Å². The van der Waals surface area contributed by atoms with Crippen molar-refractivity contribution in [2.75, 3.05) is 13.2 Å². The van der Waals surface area contributed by atoms with Gasteiger partial charge in [0.05, 0.1) is 19.3 Å². The number of aliphatic hydroxyl groups excluding tert-OH is 1. The minimum absolute atomic E-state index is 0.121. The fourth-order valence-electron chi connectivity index (χ4n) is 4.65. The Morgan fingerprint density at radius 1 is 0.825 bits per heavy atom. The number of nitrogens with two attached hydrogens (primary N) is 2. The number of ether oxygens (including phenoxy) is 1. The van der Waals surface area contributed by atoms with E-state index in [1.165, 1.54) is 0 Å². The van der Waals surface area contributed by atoms with E-state index >= 15 is 0 Å². The summed E-state index contributed by atoms with van der Waals surface area (Å²) in [6, 6.07) is 32.7. The molecule has 0 bridgehead atoms. The lowest BCUT2D eigenvalue weighted by atomic mass is 9.91. The second-order valence-corrected chi connectivity index (χ2v) is 9.93. The van der Waals surface area contributed by atoms with Crippen LogP contribution in [0.2, 0.25) is 0 Å². The van der Waals surface area contributed by atoms with Crippen LogP contribution in [-0.4, -0.2) is 30.3 Å². The lowest BCUT2D eigenvalue weighted by Gasteiger charge is -2.27. The molecular weight excluding hydrogens is 498 g/mol. The van der Waals surface area contributed by atoms with Gasteiger partial charge in [0, 0.05) is 30.3 Å². The van der Waals surface area contributed by atoms with E-state index in [-0.39, 0.29) is 25.0 Å². The highest BCUT2D eigenvalue weighted by Gasteiger charge is 2.24. The molecule has 4 rings (SSSR count). The van der Waals surface area contributed by atoms with Crippen LogP contribution in [0.15, 0.2) is 110 Å². The van der Waals surface area contributed by atoms with Crippen LogP contribution in [0.25, 0.3) is 16.8 Å². The average molecular weight is 536 g/mol. The SMILES string of the molecule is C=C(N)c1cccc(CC(CO)C(COCc2ccccc2)NC(=O)c2ccc(-c3cccc(CN)c3)cc2)c1. The van der Waals surface area contributed by atoms with E-state index in [2.05, 4.69) is 18.0 Å². The summed E-state index contributed by atoms with van der Waals surface area (Å²) in [4.78, 5) is 13.4. The van der Waals surface area contributed by atoms with Crippen molar-refractivity contribution >= 4 is 11.6 Å². The Labute approximate surface area is 236 Å². The second kappa shape index (κ2) is 14.2. The predicted molar refractivity (Wildman–Crippen MR) is 161 cm³/mol. The number of rotatable bonds is 13. The van der Waals surface area contributed by atoms with E-state index in [0.29, 0.717) is 30.8 Å². The van der Waals surface area contributed by atoms with Gasteiger partial charge >= 0.3 is 0 Å². The largest absolute Gasteiger partial charge is 0.399 e. The zero-order valence-electron chi connectivity index (χ0n) is 22.6. The summed E-state index contributed by atoms with van der Waals surface area (Å²) >= 11 is 0. The van der Waals surface area contributed by atoms with Crippen molar-refractivity contribution in [3.05, 3.63) is 138 Å². The Bertz CT molecular complexity index is 1400. The van der Waals surface area contributed by atoms with Gasteiger partial charge in [0.2, 0.25) is 0 Å². The minimum atomic E-state index is -0.424. The molecule has 2 unspecified atom stereocenters. The quantitative estimate of drug-likeness (QED) is 0.195. The molecule has 6 heteroatoms. The molecule has 4 aromatic rings. The van der Waals surface area contributed by atoms with Crippen LogP contribution in [0, 0.1) is 5.92 Å². The molecule has 0 heterocycles. The molecule has 1 amide bonds. The molecule has 4 aromatic carbocycles. The number of aliphatic hydroxyl groups is 1. The van der Waals surface area contributed by atoms with Crippen LogP contribution in [0.3, 0.4) is 0 Å². The van der Waals surface area contributed by atoms with Crippen molar-refractivity contribution in [3.8, 4) is 11.1 Å². The molecule has 0 radical (unpaired) electrons. The summed E-state index contributed by atoms with van der Waals surface area (Å²) in [6.45, 7) is 4.83. The predicted octanol–water partition coefficient (Wildman–Crippen LogP) is 4.91. The van der Waals surface area contributed by atoms with Gasteiger partial charge in [-0.15, -0.1) is 0 Å². The Morgan fingerprint density at radius 2 is 1.52 bits per heavy atom. The molecule has 6 nitrogen and oxygen atoms in total. The number of amides is 1. The summed E-state index contributed by atoms with van der Waals surface area (Å²) < 4.78 is 6.03. The van der Waals surface area contributed by atoms with Gasteiger partial charge in [-0.3, -0.25) is 4.79 Å². The zero-order chi connectivity index (χ0) is 28.3. The van der Waals surface area contributed by atoms with Crippen LogP contribution in [0.1, 0.15) is 32.6 Å². The highest BCUT2D eigenvalue weighted by atomic mass is 16.5. The number of hydrogen-bond acceptors (Lipinski definition) is 5. The number of benzene rings is 4. The van der Waals surface area contributed by atoms with E-state index in [1.807, 2.05) is 97.1 Å². The summed E-state index contributed by atoms with van der Waals surface area (Å²) in [5, 5.41) is 13.5. The van der Waals surface area contributed by atoms with E-state index in [1.54, 1.807) is 0 Å². The summed E-state index contributed by atoms with van der Waals surface area (Å²) in [6.07, 6.45) is 0.535. The third kappa shape index (κ3) is 7.90. The maximum atomic E-state index is 13.4. The third-order valence-corrected chi connectivity index (χ3v) is 6.97. The number of hydrogen-bond donors (Lipinski definition) is 4. The summed E-state index contributed by atoms with van der Waals surface area (Å²) in [5.74, 6) is -0.502. The van der Waals surface area contributed by atoms with Crippen molar-refractivity contribution in [1.29, 1.82) is 0 Å². The molecular formula is C34H37N3O3. The highest BCUT2D eigenvalue weighted by Crippen LogP contribution is 2.22. The van der Waals surface area contributed by atoms with E-state index in [9.17, 15) is 9.90 Å². The van der Waals surface area contributed by atoms with Crippen molar-refractivity contribution in [3.63, 3.8) is 0 Å². The van der Waals surface area contributed by atoms with Crippen LogP contribution in [0.4, 0.5) is 0 Å². The molecule has 2 atom stereocenters. The van der Waals surface area contributed by atoms with Crippen molar-refractivity contribution in [2.24, 2.45) is 17.4 Å². The first kappa shape index (κ1) is 28.8. The lowest BCUT2D eigenvalue weighted by Crippen LogP contribution is -2.45. The number of carbonyl (C=O) groups excluding carboxylic acids is 1. The van der Waals surface area contributed by atoms with Gasteiger partial charge in [-0.25, -0.2) is 0 Å². The van der Waals surface area contributed by atoms with Crippen LogP contribution >= 0.6 is 0 Å². The van der Waals surface area contributed by atoms with E-state index in [0.717, 1.165) is 33.4 Å². The average Bonchev–Trinajstić information content (AvgIpc) is 3.00. The maximum Gasteiger partial charge on any atom is 0.251 e. The number of nitrogens with one attached hydrogen (secondary N) is 1. The van der Waals surface area contributed by atoms with Gasteiger partial charge in [-0.1, -0.05) is 85.4 Å². The Morgan fingerprint density at radius 3 is 2.23 bits per heavy atom. The normalized spacial score (nSPS) is 12.4. The first-order valence-corrected chi connectivity index (χ1v) is 13.4. The Balaban J connectivity index is 1.50. The zero-order valence-corrected chi connectivity index (χ0v) is 22.6. The molecule has 0 fully saturated rings. The molecule has 6 N–H and O–H groups in total. The molecule has 0 aromatic heterocycles. The van der Waals surface area contributed by atoms with E-state index < -0.39 is 6.04 Å². The molecule has 0 spiro atoms. The van der Waals surface area contributed by atoms with Gasteiger partial charge in [0.15, 0.2) is 0 Å². The minimum Gasteiger partial charge on any atom is -0.399 e. The van der Waals surface area contributed by atoms with Crippen molar-refractivity contribution in [1.82, 2.24) is 5.32 Å². The van der Waals surface area contributed by atoms with Crippen LogP contribution < -0.4 is 16.8 Å². The summed E-state index contributed by atoms with van der Waals surface area (Å²) in [5.41, 5.74) is 18.7. The smallest absolute Gasteiger partial charge is 0.251 e. The Hall–Kier alpha value is -4.23. The fourth-order valence-corrected chi connectivity index (χ4v) is 4.65. The van der Waals surface area contributed by atoms with Gasteiger partial charge in [-0.05, 0) is 64.1 Å². The molecule has 0 saturated carbocycles. The third-order valence-electron chi connectivity index (χ3n) is 6.97. The number of carbonyl (C=O) groups is 1. The molecule has 0 saturated heterocycles. The second-order valence-electron chi connectivity index (χ2n) is 9.93. The molecule has 0 aliphatic carbocycles. The first-order chi connectivity index (χ1) is 19.5. The standard InChI is InChI=1S/C34H37N3O3/c1-24(36)30-11-5-9-26(17-30)18-32(21-38)33(23-40-22-25-7-3-2-4-8-25)37-34(39)29-15-13-28(14-16-29)31-12-6-10-27(19-31)20-35/h2-17,19,32-33,38H,1,18,20-23,35-36H2,(H,37,39). The van der Waals surface area contributed by atoms with Gasteiger partial charge in [0.1, 0.15) is 0 Å². The molecule has 0 aliphatic rings. The van der Waals surface area contributed by atoms with Gasteiger partial charge in [0.25, 0.3) is 5.91 Å². The molecule has 0 aliphatic heterocycles. The Kier molecular flexibility index (Phi) is 10.2. The monoisotopic (exact) mass is 535 g/mol. The summed E-state index contributed by atoms with van der Waals surface area (Å²) in [7, 11) is 0. The molecule has 206 valence electrons. The molecule has 40 heavy (non-hydrogen) atoms. The maximum absolute atomic E-state index is 13.4. The first-order valence-electron chi connectivity index (χ1n) is 13.4. The van der Waals surface area contributed by atoms with Crippen LogP contribution in [-0.2, 0) is 24.3 Å². The van der Waals surface area contributed by atoms with Gasteiger partial charge in [-0.2, -0.15) is 0 Å². The van der Waals surface area contributed by atoms with Crippen LogP contribution in [0.5, 0.6) is 0 Å². The van der Waals surface area contributed by atoms with E-state index in [4.69, 9.17) is 16.2 Å². The van der Waals surface area contributed by atoms with Crippen molar-refractivity contribution in [2.45, 2.75) is 25.6 Å². The van der Waals surface area contributed by atoms with Gasteiger partial charge < -0.3 is 26.6 Å². The highest BCUT2D eigenvalue weighted by molar-refractivity contribution is 5.95.